The van der Waals surface area contributed by atoms with Crippen molar-refractivity contribution in [2.75, 3.05) is 5.32 Å². The van der Waals surface area contributed by atoms with E-state index in [9.17, 15) is 9.18 Å². The number of hydrogen-bond acceptors (Lipinski definition) is 3. The van der Waals surface area contributed by atoms with Crippen molar-refractivity contribution < 1.29 is 13.9 Å². The molecule has 0 saturated carbocycles. The van der Waals surface area contributed by atoms with E-state index in [1.165, 1.54) is 18.2 Å². The molecule has 0 radical (unpaired) electrons. The summed E-state index contributed by atoms with van der Waals surface area (Å²) in [6.07, 6.45) is 2.68. The van der Waals surface area contributed by atoms with Crippen LogP contribution in [0.25, 0.3) is 11.4 Å². The number of H-pyrrole nitrogens is 1. The molecule has 3 rings (SSSR count). The fourth-order valence-corrected chi connectivity index (χ4v) is 2.64. The van der Waals surface area contributed by atoms with Crippen LogP contribution in [-0.4, -0.2) is 22.0 Å². The lowest BCUT2D eigenvalue weighted by molar-refractivity contribution is -0.122. The van der Waals surface area contributed by atoms with Crippen molar-refractivity contribution in [3.8, 4) is 17.1 Å². The number of nitrogens with one attached hydrogen (secondary N) is 2. The van der Waals surface area contributed by atoms with E-state index >= 15 is 0 Å². The highest BCUT2D eigenvalue weighted by atomic mass is 79.9. The van der Waals surface area contributed by atoms with Gasteiger partial charge < -0.3 is 15.0 Å². The number of rotatable bonds is 5. The summed E-state index contributed by atoms with van der Waals surface area (Å²) < 4.78 is 19.1. The predicted molar refractivity (Wildman–Crippen MR) is 96.8 cm³/mol. The Morgan fingerprint density at radius 3 is 2.68 bits per heavy atom. The van der Waals surface area contributed by atoms with Gasteiger partial charge in [0, 0.05) is 23.6 Å². The number of ether oxygens (including phenoxy) is 1. The number of imidazole rings is 1. The smallest absolute Gasteiger partial charge is 0.265 e. The minimum Gasteiger partial charge on any atom is -0.480 e. The Morgan fingerprint density at radius 2 is 2.04 bits per heavy atom. The molecule has 5 nitrogen and oxygen atoms in total. The largest absolute Gasteiger partial charge is 0.480 e. The molecule has 2 aromatic carbocycles. The van der Waals surface area contributed by atoms with Gasteiger partial charge in [-0.2, -0.15) is 0 Å². The van der Waals surface area contributed by atoms with Gasteiger partial charge in [0.05, 0.1) is 4.47 Å². The molecule has 1 aromatic heterocycles. The van der Waals surface area contributed by atoms with Crippen LogP contribution in [-0.2, 0) is 4.79 Å². The van der Waals surface area contributed by atoms with Crippen LogP contribution in [0.3, 0.4) is 0 Å². The molecule has 0 spiro atoms. The van der Waals surface area contributed by atoms with Crippen LogP contribution in [0.5, 0.6) is 5.75 Å². The lowest BCUT2D eigenvalue weighted by Crippen LogP contribution is -2.30. The van der Waals surface area contributed by atoms with Crippen molar-refractivity contribution in [1.82, 2.24) is 9.97 Å². The van der Waals surface area contributed by atoms with Crippen molar-refractivity contribution in [2.45, 2.75) is 13.0 Å². The molecule has 128 valence electrons. The van der Waals surface area contributed by atoms with E-state index in [0.717, 1.165) is 11.4 Å². The molecule has 25 heavy (non-hydrogen) atoms. The van der Waals surface area contributed by atoms with Gasteiger partial charge in [-0.1, -0.05) is 0 Å². The molecule has 0 aliphatic carbocycles. The first-order valence-electron chi connectivity index (χ1n) is 7.55. The Balaban J connectivity index is 1.63. The SMILES string of the molecule is CC(Oc1ccc(F)cc1Br)C(=O)Nc1ccc(-c2ncc[nH]2)cc1. The monoisotopic (exact) mass is 403 g/mol. The highest BCUT2D eigenvalue weighted by Crippen LogP contribution is 2.26. The van der Waals surface area contributed by atoms with Gasteiger partial charge in [-0.25, -0.2) is 9.37 Å². The van der Waals surface area contributed by atoms with Gasteiger partial charge in [-0.15, -0.1) is 0 Å². The fraction of sp³-hybridized carbons (Fsp3) is 0.111. The minimum atomic E-state index is -0.744. The van der Waals surface area contributed by atoms with E-state index in [1.807, 2.05) is 12.1 Å². The number of carbonyl (C=O) groups is 1. The van der Waals surface area contributed by atoms with Gasteiger partial charge in [0.2, 0.25) is 0 Å². The van der Waals surface area contributed by atoms with Crippen LogP contribution >= 0.6 is 15.9 Å². The Labute approximate surface area is 152 Å². The Hall–Kier alpha value is -2.67. The number of aromatic nitrogens is 2. The average molecular weight is 404 g/mol. The van der Waals surface area contributed by atoms with Gasteiger partial charge >= 0.3 is 0 Å². The number of aromatic amines is 1. The average Bonchev–Trinajstić information content (AvgIpc) is 3.12. The number of anilines is 1. The number of halogens is 2. The van der Waals surface area contributed by atoms with Crippen molar-refractivity contribution in [3.05, 3.63) is 65.1 Å². The van der Waals surface area contributed by atoms with Gasteiger partial charge in [-0.3, -0.25) is 4.79 Å². The standard InChI is InChI=1S/C18H15BrFN3O2/c1-11(25-16-7-4-13(20)10-15(16)19)18(24)23-14-5-2-12(3-6-14)17-21-8-9-22-17/h2-11H,1H3,(H,21,22)(H,23,24). The van der Waals surface area contributed by atoms with Gasteiger partial charge in [0.25, 0.3) is 5.91 Å². The molecular weight excluding hydrogens is 389 g/mol. The molecule has 0 bridgehead atoms. The van der Waals surface area contributed by atoms with E-state index in [1.54, 1.807) is 31.5 Å². The van der Waals surface area contributed by atoms with Crippen LogP contribution in [0.4, 0.5) is 10.1 Å². The Bertz CT molecular complexity index is 867. The second-order valence-corrected chi connectivity index (χ2v) is 6.19. The highest BCUT2D eigenvalue weighted by molar-refractivity contribution is 9.10. The fourth-order valence-electron chi connectivity index (χ4n) is 2.19. The minimum absolute atomic E-state index is 0.304. The first-order valence-corrected chi connectivity index (χ1v) is 8.34. The molecule has 2 N–H and O–H groups in total. The van der Waals surface area contributed by atoms with Crippen LogP contribution in [0.1, 0.15) is 6.92 Å². The van der Waals surface area contributed by atoms with Crippen molar-refractivity contribution in [2.24, 2.45) is 0 Å². The summed E-state index contributed by atoms with van der Waals surface area (Å²) in [6.45, 7) is 1.63. The van der Waals surface area contributed by atoms with Crippen LogP contribution in [0.15, 0.2) is 59.3 Å². The third-order valence-corrected chi connectivity index (χ3v) is 4.11. The molecule has 1 heterocycles. The van der Waals surface area contributed by atoms with Crippen molar-refractivity contribution in [3.63, 3.8) is 0 Å². The first-order chi connectivity index (χ1) is 12.0. The van der Waals surface area contributed by atoms with E-state index in [4.69, 9.17) is 4.74 Å². The van der Waals surface area contributed by atoms with Crippen LogP contribution in [0, 0.1) is 5.82 Å². The molecule has 0 aliphatic heterocycles. The molecule has 1 amide bonds. The number of hydrogen-bond donors (Lipinski definition) is 2. The van der Waals surface area contributed by atoms with Gasteiger partial charge in [-0.05, 0) is 65.3 Å². The lowest BCUT2D eigenvalue weighted by atomic mass is 10.2. The summed E-state index contributed by atoms with van der Waals surface area (Å²) in [7, 11) is 0. The van der Waals surface area contributed by atoms with Crippen molar-refractivity contribution >= 4 is 27.5 Å². The molecule has 0 saturated heterocycles. The topological polar surface area (TPSA) is 67.0 Å². The van der Waals surface area contributed by atoms with Crippen LogP contribution < -0.4 is 10.1 Å². The Kier molecular flexibility index (Phi) is 5.14. The third kappa shape index (κ3) is 4.24. The summed E-state index contributed by atoms with van der Waals surface area (Å²) in [4.78, 5) is 19.5. The summed E-state index contributed by atoms with van der Waals surface area (Å²) in [5, 5.41) is 2.78. The Morgan fingerprint density at radius 1 is 1.28 bits per heavy atom. The summed E-state index contributed by atoms with van der Waals surface area (Å²) in [5.74, 6) is 0.475. The number of nitrogens with zero attached hydrogens (tertiary/aromatic N) is 1. The number of carbonyl (C=O) groups excluding carboxylic acids is 1. The molecule has 3 aromatic rings. The molecule has 0 aliphatic rings. The predicted octanol–water partition coefficient (Wildman–Crippen LogP) is 4.38. The lowest BCUT2D eigenvalue weighted by Gasteiger charge is -2.16. The molecule has 1 unspecified atom stereocenters. The zero-order chi connectivity index (χ0) is 17.8. The van der Waals surface area contributed by atoms with E-state index < -0.39 is 6.10 Å². The van der Waals surface area contributed by atoms with Gasteiger partial charge in [0.15, 0.2) is 6.10 Å². The van der Waals surface area contributed by atoms with E-state index in [-0.39, 0.29) is 11.7 Å². The maximum atomic E-state index is 13.1. The third-order valence-electron chi connectivity index (χ3n) is 3.49. The maximum absolute atomic E-state index is 13.1. The maximum Gasteiger partial charge on any atom is 0.265 e. The first kappa shape index (κ1) is 17.2. The highest BCUT2D eigenvalue weighted by Gasteiger charge is 2.16. The van der Waals surface area contributed by atoms with E-state index in [0.29, 0.717) is 15.9 Å². The quantitative estimate of drug-likeness (QED) is 0.663. The summed E-state index contributed by atoms with van der Waals surface area (Å²) in [5.41, 5.74) is 1.57. The van der Waals surface area contributed by atoms with Crippen molar-refractivity contribution in [1.29, 1.82) is 0 Å². The molecule has 0 fully saturated rings. The summed E-state index contributed by atoms with van der Waals surface area (Å²) in [6, 6.07) is 11.3. The second-order valence-electron chi connectivity index (χ2n) is 5.34. The zero-order valence-corrected chi connectivity index (χ0v) is 14.9. The molecule has 7 heteroatoms. The number of benzene rings is 2. The molecule has 1 atom stereocenters. The second kappa shape index (κ2) is 7.48. The van der Waals surface area contributed by atoms with E-state index in [2.05, 4.69) is 31.2 Å². The molecular formula is C18H15BrFN3O2. The van der Waals surface area contributed by atoms with Crippen LogP contribution in [0.2, 0.25) is 0 Å². The van der Waals surface area contributed by atoms with Gasteiger partial charge in [0.1, 0.15) is 17.4 Å². The summed E-state index contributed by atoms with van der Waals surface area (Å²) >= 11 is 3.21. The number of amides is 1. The normalized spacial score (nSPS) is 11.8. The zero-order valence-electron chi connectivity index (χ0n) is 13.3.